The molecule has 0 aliphatic rings. The van der Waals surface area contributed by atoms with Crippen LogP contribution in [0.1, 0.15) is 16.7 Å². The standard InChI is InChI=1S/C33H24N4O5/c1-39-27-12-7-13-28-25(27)17-31(42-28)32-36-26-11-6-5-10-24(26)33(38)37(32)35-19-21-14-15-29(30(16-21)40-2)41-20-23-9-4-3-8-22(23)18-34/h3-17,19H,20H2,1-2H3. The van der Waals surface area contributed by atoms with Gasteiger partial charge in [-0.15, -0.1) is 0 Å². The fourth-order valence-corrected chi connectivity index (χ4v) is 4.63. The predicted molar refractivity (Wildman–Crippen MR) is 159 cm³/mol. The smallest absolute Gasteiger partial charge is 0.282 e. The van der Waals surface area contributed by atoms with Crippen molar-refractivity contribution in [2.75, 3.05) is 14.2 Å². The minimum absolute atomic E-state index is 0.206. The Bertz CT molecular complexity index is 2070. The lowest BCUT2D eigenvalue weighted by atomic mass is 10.1. The molecule has 0 N–H and O–H groups in total. The SMILES string of the molecule is COc1cc(C=Nn2c(-c3cc4c(OC)cccc4o3)nc3ccccc3c2=O)ccc1OCc1ccccc1C#N. The zero-order valence-electron chi connectivity index (χ0n) is 22.8. The second kappa shape index (κ2) is 11.3. The minimum Gasteiger partial charge on any atom is -0.496 e. The van der Waals surface area contributed by atoms with Gasteiger partial charge in [0, 0.05) is 5.56 Å². The van der Waals surface area contributed by atoms with Crippen molar-refractivity contribution in [2.24, 2.45) is 5.10 Å². The predicted octanol–water partition coefficient (Wildman–Crippen LogP) is 6.16. The van der Waals surface area contributed by atoms with Crippen LogP contribution in [0.25, 0.3) is 33.5 Å². The Hall–Kier alpha value is -5.88. The molecule has 0 bridgehead atoms. The molecule has 0 amide bonds. The zero-order valence-corrected chi connectivity index (χ0v) is 22.8. The summed E-state index contributed by atoms with van der Waals surface area (Å²) < 4.78 is 24.3. The van der Waals surface area contributed by atoms with E-state index in [1.165, 1.54) is 11.8 Å². The number of nitriles is 1. The number of nitrogens with zero attached hydrogens (tertiary/aromatic N) is 4. The maximum absolute atomic E-state index is 13.6. The van der Waals surface area contributed by atoms with Gasteiger partial charge in [-0.25, -0.2) is 4.98 Å². The van der Waals surface area contributed by atoms with Gasteiger partial charge in [-0.3, -0.25) is 4.79 Å². The van der Waals surface area contributed by atoms with Crippen LogP contribution in [0.5, 0.6) is 17.2 Å². The van der Waals surface area contributed by atoms with Gasteiger partial charge in [0.1, 0.15) is 17.9 Å². The van der Waals surface area contributed by atoms with Gasteiger partial charge < -0.3 is 18.6 Å². The van der Waals surface area contributed by atoms with Crippen LogP contribution in [-0.2, 0) is 6.61 Å². The molecule has 0 saturated heterocycles. The van der Waals surface area contributed by atoms with Gasteiger partial charge in [-0.2, -0.15) is 15.0 Å². The van der Waals surface area contributed by atoms with Gasteiger partial charge in [-0.1, -0.05) is 36.4 Å². The highest BCUT2D eigenvalue weighted by Crippen LogP contribution is 2.33. The van der Waals surface area contributed by atoms with E-state index < -0.39 is 0 Å². The van der Waals surface area contributed by atoms with Gasteiger partial charge in [0.25, 0.3) is 5.56 Å². The molecule has 42 heavy (non-hydrogen) atoms. The molecule has 0 spiro atoms. The quantitative estimate of drug-likeness (QED) is 0.206. The van der Waals surface area contributed by atoms with E-state index in [0.29, 0.717) is 50.6 Å². The third kappa shape index (κ3) is 4.93. The Morgan fingerprint density at radius 1 is 0.905 bits per heavy atom. The second-order valence-electron chi connectivity index (χ2n) is 9.26. The Morgan fingerprint density at radius 3 is 2.55 bits per heavy atom. The van der Waals surface area contributed by atoms with Crippen LogP contribution >= 0.6 is 0 Å². The first-order chi connectivity index (χ1) is 20.6. The molecule has 2 heterocycles. The van der Waals surface area contributed by atoms with Crippen molar-refractivity contribution in [1.29, 1.82) is 5.26 Å². The van der Waals surface area contributed by atoms with Crippen LogP contribution in [0.2, 0.25) is 0 Å². The normalized spacial score (nSPS) is 11.2. The molecule has 0 atom stereocenters. The summed E-state index contributed by atoms with van der Waals surface area (Å²) in [7, 11) is 3.13. The van der Waals surface area contributed by atoms with Crippen LogP contribution in [0, 0.1) is 11.3 Å². The van der Waals surface area contributed by atoms with Gasteiger partial charge in [0.15, 0.2) is 17.3 Å². The van der Waals surface area contributed by atoms with Crippen LogP contribution < -0.4 is 19.8 Å². The average Bonchev–Trinajstić information content (AvgIpc) is 3.48. The number of methoxy groups -OCH3 is 2. The van der Waals surface area contributed by atoms with E-state index in [0.717, 1.165) is 10.9 Å². The number of furan rings is 1. The number of fused-ring (bicyclic) bond motifs is 2. The first-order valence-corrected chi connectivity index (χ1v) is 13.0. The lowest BCUT2D eigenvalue weighted by Gasteiger charge is -2.12. The van der Waals surface area contributed by atoms with Crippen molar-refractivity contribution in [2.45, 2.75) is 6.61 Å². The molecule has 206 valence electrons. The monoisotopic (exact) mass is 556 g/mol. The summed E-state index contributed by atoms with van der Waals surface area (Å²) in [4.78, 5) is 18.3. The van der Waals surface area contributed by atoms with Crippen molar-refractivity contribution in [3.05, 3.63) is 118 Å². The first-order valence-electron chi connectivity index (χ1n) is 13.0. The summed E-state index contributed by atoms with van der Waals surface area (Å²) in [6.07, 6.45) is 1.54. The fraction of sp³-hybridized carbons (Fsp3) is 0.0909. The Kier molecular flexibility index (Phi) is 7.10. The third-order valence-corrected chi connectivity index (χ3v) is 6.75. The molecule has 0 aliphatic carbocycles. The van der Waals surface area contributed by atoms with E-state index in [4.69, 9.17) is 23.6 Å². The lowest BCUT2D eigenvalue weighted by Crippen LogP contribution is -2.20. The van der Waals surface area contributed by atoms with Crippen molar-refractivity contribution in [1.82, 2.24) is 9.66 Å². The summed E-state index contributed by atoms with van der Waals surface area (Å²) in [5.74, 6) is 2.24. The number of benzene rings is 4. The highest BCUT2D eigenvalue weighted by molar-refractivity contribution is 5.88. The molecule has 6 aromatic rings. The molecule has 4 aromatic carbocycles. The fourth-order valence-electron chi connectivity index (χ4n) is 4.63. The number of para-hydroxylation sites is 1. The maximum Gasteiger partial charge on any atom is 0.282 e. The molecular formula is C33H24N4O5. The van der Waals surface area contributed by atoms with E-state index in [9.17, 15) is 10.1 Å². The van der Waals surface area contributed by atoms with Crippen LogP contribution in [0.3, 0.4) is 0 Å². The van der Waals surface area contributed by atoms with E-state index in [1.54, 1.807) is 61.9 Å². The number of rotatable bonds is 8. The van der Waals surface area contributed by atoms with Gasteiger partial charge >= 0.3 is 0 Å². The number of aromatic nitrogens is 2. The van der Waals surface area contributed by atoms with Gasteiger partial charge in [0.05, 0.1) is 48.4 Å². The molecule has 6 rings (SSSR count). The molecule has 9 heteroatoms. The highest BCUT2D eigenvalue weighted by atomic mass is 16.5. The molecule has 9 nitrogen and oxygen atoms in total. The molecular weight excluding hydrogens is 532 g/mol. The van der Waals surface area contributed by atoms with Crippen molar-refractivity contribution in [3.8, 4) is 34.9 Å². The topological polar surface area (TPSA) is 112 Å². The van der Waals surface area contributed by atoms with Gasteiger partial charge in [-0.05, 0) is 60.2 Å². The summed E-state index contributed by atoms with van der Waals surface area (Å²) in [6.45, 7) is 0.206. The summed E-state index contributed by atoms with van der Waals surface area (Å²) in [5, 5.41) is 15.1. The zero-order chi connectivity index (χ0) is 29.1. The first kappa shape index (κ1) is 26.3. The molecule has 2 aromatic heterocycles. The lowest BCUT2D eigenvalue weighted by molar-refractivity contribution is 0.284. The van der Waals surface area contributed by atoms with Crippen LogP contribution in [0.15, 0.2) is 105 Å². The average molecular weight is 557 g/mol. The maximum atomic E-state index is 13.6. The van der Waals surface area contributed by atoms with Crippen LogP contribution in [0.4, 0.5) is 0 Å². The minimum atomic E-state index is -0.345. The summed E-state index contributed by atoms with van der Waals surface area (Å²) >= 11 is 0. The van der Waals surface area contributed by atoms with Crippen molar-refractivity contribution in [3.63, 3.8) is 0 Å². The molecule has 0 fully saturated rings. The Balaban J connectivity index is 1.38. The third-order valence-electron chi connectivity index (χ3n) is 6.75. The van der Waals surface area contributed by atoms with E-state index in [2.05, 4.69) is 11.2 Å². The van der Waals surface area contributed by atoms with Crippen molar-refractivity contribution < 1.29 is 18.6 Å². The Morgan fingerprint density at radius 2 is 1.71 bits per heavy atom. The second-order valence-corrected chi connectivity index (χ2v) is 9.26. The van der Waals surface area contributed by atoms with Crippen molar-refractivity contribution >= 4 is 28.1 Å². The Labute approximate surface area is 240 Å². The van der Waals surface area contributed by atoms with E-state index in [1.807, 2.05) is 42.5 Å². The van der Waals surface area contributed by atoms with Gasteiger partial charge in [0.2, 0.25) is 5.82 Å². The largest absolute Gasteiger partial charge is 0.496 e. The number of hydrogen-bond donors (Lipinski definition) is 0. The molecule has 0 unspecified atom stereocenters. The molecule has 0 aliphatic heterocycles. The van der Waals surface area contributed by atoms with Crippen LogP contribution in [-0.4, -0.2) is 30.1 Å². The van der Waals surface area contributed by atoms with E-state index >= 15 is 0 Å². The summed E-state index contributed by atoms with van der Waals surface area (Å²) in [6, 6.07) is 29.1. The molecule has 0 saturated carbocycles. The summed E-state index contributed by atoms with van der Waals surface area (Å²) in [5.41, 5.74) is 2.76. The number of ether oxygens (including phenoxy) is 3. The van der Waals surface area contributed by atoms with E-state index in [-0.39, 0.29) is 18.0 Å². The highest BCUT2D eigenvalue weighted by Gasteiger charge is 2.18. The number of hydrogen-bond acceptors (Lipinski definition) is 8. The molecule has 0 radical (unpaired) electrons.